The Morgan fingerprint density at radius 2 is 1.69 bits per heavy atom. The van der Waals surface area contributed by atoms with Crippen molar-refractivity contribution >= 4 is 17.5 Å². The van der Waals surface area contributed by atoms with Crippen LogP contribution >= 0.6 is 0 Å². The molecule has 1 N–H and O–H groups in total. The molecule has 0 aromatic heterocycles. The molecule has 0 aliphatic carbocycles. The first kappa shape index (κ1) is 20.0. The number of ether oxygens (including phenoxy) is 2. The number of anilines is 1. The first-order chi connectivity index (χ1) is 14.1. The lowest BCUT2D eigenvalue weighted by atomic mass is 9.94. The van der Waals surface area contributed by atoms with Gasteiger partial charge in [0.15, 0.2) is 11.5 Å². The zero-order valence-electron chi connectivity index (χ0n) is 17.2. The molecule has 1 atom stereocenters. The average molecular weight is 402 g/mol. The topological polar surface area (TPSA) is 71.1 Å². The third-order valence-corrected chi connectivity index (χ3v) is 6.36. The van der Waals surface area contributed by atoms with E-state index in [1.807, 2.05) is 19.1 Å². The maximum absolute atomic E-state index is 12.9. The lowest BCUT2D eigenvalue weighted by Gasteiger charge is -2.36. The summed E-state index contributed by atoms with van der Waals surface area (Å²) in [6, 6.07) is 5.18. The average Bonchev–Trinajstić information content (AvgIpc) is 3.04. The number of nitrogens with zero attached hydrogens (tertiary/aromatic N) is 2. The van der Waals surface area contributed by atoms with E-state index in [0.717, 1.165) is 51.9 Å². The van der Waals surface area contributed by atoms with Crippen molar-refractivity contribution in [2.75, 3.05) is 38.3 Å². The Kier molecular flexibility index (Phi) is 6.23. The van der Waals surface area contributed by atoms with E-state index >= 15 is 0 Å². The Morgan fingerprint density at radius 3 is 2.41 bits per heavy atom. The second-order valence-corrected chi connectivity index (χ2v) is 8.28. The number of hydrogen-bond acceptors (Lipinski definition) is 5. The van der Waals surface area contributed by atoms with Crippen molar-refractivity contribution in [2.45, 2.75) is 51.5 Å². The molecule has 158 valence electrons. The Hall–Kier alpha value is -2.28. The van der Waals surface area contributed by atoms with E-state index < -0.39 is 0 Å². The molecule has 0 radical (unpaired) electrons. The second kappa shape index (κ2) is 9.03. The molecule has 1 aromatic rings. The molecule has 1 aromatic carbocycles. The van der Waals surface area contributed by atoms with Crippen molar-refractivity contribution in [2.24, 2.45) is 5.92 Å². The van der Waals surface area contributed by atoms with Crippen LogP contribution < -0.4 is 14.8 Å². The summed E-state index contributed by atoms with van der Waals surface area (Å²) < 4.78 is 10.7. The van der Waals surface area contributed by atoms with E-state index in [9.17, 15) is 9.59 Å². The van der Waals surface area contributed by atoms with Gasteiger partial charge in [0.1, 0.15) is 0 Å². The molecule has 29 heavy (non-hydrogen) atoms. The van der Waals surface area contributed by atoms with E-state index in [-0.39, 0.29) is 24.7 Å². The van der Waals surface area contributed by atoms with E-state index in [4.69, 9.17) is 9.47 Å². The van der Waals surface area contributed by atoms with E-state index in [1.165, 1.54) is 12.8 Å². The maximum atomic E-state index is 12.9. The molecule has 0 spiro atoms. The number of nitrogens with one attached hydrogen (secondary N) is 1. The first-order valence-electron chi connectivity index (χ1n) is 10.8. The molecular weight excluding hydrogens is 370 g/mol. The largest absolute Gasteiger partial charge is 0.454 e. The van der Waals surface area contributed by atoms with Gasteiger partial charge in [0, 0.05) is 30.8 Å². The molecule has 2 saturated heterocycles. The number of amides is 2. The minimum Gasteiger partial charge on any atom is -0.454 e. The minimum atomic E-state index is -0.241. The van der Waals surface area contributed by atoms with Gasteiger partial charge in [0.25, 0.3) is 0 Å². The van der Waals surface area contributed by atoms with Gasteiger partial charge in [-0.2, -0.15) is 0 Å². The fourth-order valence-electron chi connectivity index (χ4n) is 4.47. The zero-order chi connectivity index (χ0) is 20.2. The van der Waals surface area contributed by atoms with Gasteiger partial charge in [-0.25, -0.2) is 0 Å². The monoisotopic (exact) mass is 401 g/mol. The van der Waals surface area contributed by atoms with Crippen LogP contribution in [0.4, 0.5) is 5.69 Å². The number of carbonyl (C=O) groups excluding carboxylic acids is 2. The van der Waals surface area contributed by atoms with Gasteiger partial charge >= 0.3 is 0 Å². The summed E-state index contributed by atoms with van der Waals surface area (Å²) in [5, 5.41) is 2.97. The smallest absolute Gasteiger partial charge is 0.241 e. The second-order valence-electron chi connectivity index (χ2n) is 8.28. The van der Waals surface area contributed by atoms with Gasteiger partial charge in [-0.15, -0.1) is 0 Å². The molecule has 3 aliphatic heterocycles. The number of carbonyl (C=O) groups is 2. The van der Waals surface area contributed by atoms with Crippen LogP contribution in [0.2, 0.25) is 0 Å². The van der Waals surface area contributed by atoms with E-state index in [1.54, 1.807) is 6.07 Å². The highest BCUT2D eigenvalue weighted by Crippen LogP contribution is 2.34. The van der Waals surface area contributed by atoms with Crippen LogP contribution in [0.5, 0.6) is 11.5 Å². The van der Waals surface area contributed by atoms with Crippen molar-refractivity contribution < 1.29 is 19.1 Å². The summed E-state index contributed by atoms with van der Waals surface area (Å²) in [6.07, 6.45) is 6.38. The van der Waals surface area contributed by atoms with Crippen molar-refractivity contribution in [1.82, 2.24) is 9.80 Å². The lowest BCUT2D eigenvalue weighted by molar-refractivity contribution is -0.137. The molecule has 0 saturated carbocycles. The molecule has 7 heteroatoms. The highest BCUT2D eigenvalue weighted by molar-refractivity contribution is 5.94. The summed E-state index contributed by atoms with van der Waals surface area (Å²) >= 11 is 0. The molecule has 0 unspecified atom stereocenters. The van der Waals surface area contributed by atoms with Crippen LogP contribution in [0.1, 0.15) is 45.4 Å². The van der Waals surface area contributed by atoms with Crippen molar-refractivity contribution in [3.63, 3.8) is 0 Å². The summed E-state index contributed by atoms with van der Waals surface area (Å²) in [7, 11) is 0. The third-order valence-electron chi connectivity index (χ3n) is 6.36. The SMILES string of the molecule is C[C@@H](C(=O)Nc1ccc2c(c1)OCO2)N1CCC(C(=O)N2CCCCCC2)CC1. The predicted molar refractivity (Wildman–Crippen MR) is 110 cm³/mol. The molecular formula is C22H31N3O4. The molecule has 2 fully saturated rings. The molecule has 3 aliphatic rings. The van der Waals surface area contributed by atoms with Crippen LogP contribution in [-0.2, 0) is 9.59 Å². The van der Waals surface area contributed by atoms with Crippen molar-refractivity contribution in [1.29, 1.82) is 0 Å². The van der Waals surface area contributed by atoms with E-state index in [0.29, 0.717) is 23.1 Å². The molecule has 0 bridgehead atoms. The van der Waals surface area contributed by atoms with Gasteiger partial charge in [-0.05, 0) is 57.8 Å². The standard InChI is InChI=1S/C22H31N3O4/c1-16(21(26)23-18-6-7-19-20(14-18)29-15-28-19)24-12-8-17(9-13-24)22(27)25-10-4-2-3-5-11-25/h6-7,14,16-17H,2-5,8-13,15H2,1H3,(H,23,26)/t16-/m0/s1. The number of piperidine rings is 1. The predicted octanol–water partition coefficient (Wildman–Crippen LogP) is 2.86. The van der Waals surface area contributed by atoms with Crippen molar-refractivity contribution in [3.8, 4) is 11.5 Å². The lowest BCUT2D eigenvalue weighted by Crippen LogP contribution is -2.48. The van der Waals surface area contributed by atoms with Crippen LogP contribution in [-0.4, -0.2) is 60.6 Å². The van der Waals surface area contributed by atoms with Crippen LogP contribution in [0.25, 0.3) is 0 Å². The van der Waals surface area contributed by atoms with Crippen LogP contribution in [0.15, 0.2) is 18.2 Å². The van der Waals surface area contributed by atoms with E-state index in [2.05, 4.69) is 15.1 Å². The highest BCUT2D eigenvalue weighted by atomic mass is 16.7. The fourth-order valence-corrected chi connectivity index (χ4v) is 4.47. The number of hydrogen-bond donors (Lipinski definition) is 1. The fraction of sp³-hybridized carbons (Fsp3) is 0.636. The van der Waals surface area contributed by atoms with Gasteiger partial charge < -0.3 is 19.7 Å². The molecule has 3 heterocycles. The first-order valence-corrected chi connectivity index (χ1v) is 10.8. The minimum absolute atomic E-state index is 0.0406. The van der Waals surface area contributed by atoms with Crippen LogP contribution in [0.3, 0.4) is 0 Å². The Morgan fingerprint density at radius 1 is 1.00 bits per heavy atom. The molecule has 4 rings (SSSR count). The number of likely N-dealkylation sites (tertiary alicyclic amines) is 2. The highest BCUT2D eigenvalue weighted by Gasteiger charge is 2.32. The molecule has 2 amide bonds. The van der Waals surface area contributed by atoms with Crippen LogP contribution in [0, 0.1) is 5.92 Å². The normalized spacial score (nSPS) is 21.5. The third kappa shape index (κ3) is 4.66. The summed E-state index contributed by atoms with van der Waals surface area (Å²) in [5.41, 5.74) is 0.706. The maximum Gasteiger partial charge on any atom is 0.241 e. The summed E-state index contributed by atoms with van der Waals surface area (Å²) in [5.74, 6) is 1.74. The van der Waals surface area contributed by atoms with Gasteiger partial charge in [0.05, 0.1) is 6.04 Å². The van der Waals surface area contributed by atoms with Crippen molar-refractivity contribution in [3.05, 3.63) is 18.2 Å². The zero-order valence-corrected chi connectivity index (χ0v) is 17.2. The van der Waals surface area contributed by atoms with Gasteiger partial charge in [-0.1, -0.05) is 12.8 Å². The summed E-state index contributed by atoms with van der Waals surface area (Å²) in [4.78, 5) is 29.8. The van der Waals surface area contributed by atoms with Gasteiger partial charge in [-0.3, -0.25) is 14.5 Å². The number of fused-ring (bicyclic) bond motifs is 1. The number of benzene rings is 1. The Balaban J connectivity index is 1.27. The quantitative estimate of drug-likeness (QED) is 0.840. The summed E-state index contributed by atoms with van der Waals surface area (Å²) in [6.45, 7) is 5.52. The van der Waals surface area contributed by atoms with Gasteiger partial charge in [0.2, 0.25) is 18.6 Å². The Labute approximate surface area is 172 Å². The molecule has 7 nitrogen and oxygen atoms in total. The number of rotatable bonds is 4. The Bertz CT molecular complexity index is 738.